The summed E-state index contributed by atoms with van der Waals surface area (Å²) in [5.41, 5.74) is -3.72. The van der Waals surface area contributed by atoms with E-state index in [0.717, 1.165) is 20.3 Å². The van der Waals surface area contributed by atoms with E-state index in [1.165, 1.54) is 13.8 Å². The molecule has 1 heterocycles. The van der Waals surface area contributed by atoms with Crippen LogP contribution >= 0.6 is 12.6 Å². The standard InChI is InChI=1S/C24H40N2O10S/c1-9-10-11-17(26-22(31)36-23(6,7)8)24(12-32-14(3)28)20(34-16(5)30)19(33-15(4)29)18(21(37)35-24)25-13(2)27/h17-21,37H,9-12H2,1-8H3,(H,25,27)(H,26,31)/t17?,18-,19-,20-,21-,24+/m1/s1. The van der Waals surface area contributed by atoms with Gasteiger partial charge in [0.2, 0.25) is 5.91 Å². The van der Waals surface area contributed by atoms with Gasteiger partial charge in [-0.1, -0.05) is 19.8 Å². The number of rotatable bonds is 10. The van der Waals surface area contributed by atoms with Crippen LogP contribution in [0.5, 0.6) is 0 Å². The van der Waals surface area contributed by atoms with Gasteiger partial charge < -0.3 is 34.3 Å². The summed E-state index contributed by atoms with van der Waals surface area (Å²) in [5.74, 6) is -2.64. The highest BCUT2D eigenvalue weighted by atomic mass is 32.1. The molecule has 0 spiro atoms. The fourth-order valence-electron chi connectivity index (χ4n) is 4.06. The lowest BCUT2D eigenvalue weighted by Gasteiger charge is -2.53. The molecule has 1 saturated heterocycles. The fraction of sp³-hybridized carbons (Fsp3) is 0.792. The smallest absolute Gasteiger partial charge is 0.407 e. The average molecular weight is 549 g/mol. The van der Waals surface area contributed by atoms with Crippen molar-refractivity contribution in [1.29, 1.82) is 0 Å². The largest absolute Gasteiger partial charge is 0.463 e. The number of esters is 3. The molecule has 1 aliphatic rings. The van der Waals surface area contributed by atoms with Crippen LogP contribution in [0.25, 0.3) is 0 Å². The van der Waals surface area contributed by atoms with E-state index in [-0.39, 0.29) is 6.42 Å². The van der Waals surface area contributed by atoms with Crippen molar-refractivity contribution in [2.24, 2.45) is 0 Å². The van der Waals surface area contributed by atoms with Crippen LogP contribution in [0.2, 0.25) is 0 Å². The second kappa shape index (κ2) is 13.8. The number of ether oxygens (including phenoxy) is 5. The lowest BCUT2D eigenvalue weighted by molar-refractivity contribution is -0.258. The summed E-state index contributed by atoms with van der Waals surface area (Å²) >= 11 is 4.49. The zero-order valence-electron chi connectivity index (χ0n) is 22.7. The Hall–Kier alpha value is -2.54. The van der Waals surface area contributed by atoms with Gasteiger partial charge >= 0.3 is 24.0 Å². The molecule has 0 aromatic rings. The lowest BCUT2D eigenvalue weighted by Crippen LogP contribution is -2.75. The Labute approximate surface area is 223 Å². The monoisotopic (exact) mass is 548 g/mol. The van der Waals surface area contributed by atoms with Gasteiger partial charge in [0.25, 0.3) is 0 Å². The summed E-state index contributed by atoms with van der Waals surface area (Å²) in [7, 11) is 0. The van der Waals surface area contributed by atoms with Crippen LogP contribution in [0.15, 0.2) is 0 Å². The van der Waals surface area contributed by atoms with Gasteiger partial charge in [0.15, 0.2) is 17.8 Å². The molecule has 0 saturated carbocycles. The quantitative estimate of drug-likeness (QED) is 0.210. The molecule has 1 rings (SSSR count). The van der Waals surface area contributed by atoms with Gasteiger partial charge in [-0.15, -0.1) is 12.6 Å². The first-order chi connectivity index (χ1) is 17.0. The van der Waals surface area contributed by atoms with Crippen molar-refractivity contribution >= 4 is 42.5 Å². The molecule has 0 radical (unpaired) electrons. The number of thiol groups is 1. The van der Waals surface area contributed by atoms with Gasteiger partial charge in [0.1, 0.15) is 23.7 Å². The van der Waals surface area contributed by atoms with Crippen molar-refractivity contribution < 1.29 is 47.7 Å². The molecule has 1 unspecified atom stereocenters. The fourth-order valence-corrected chi connectivity index (χ4v) is 4.50. The highest BCUT2D eigenvalue weighted by Gasteiger charge is 2.62. The summed E-state index contributed by atoms with van der Waals surface area (Å²) < 4.78 is 28.3. The second-order valence-corrected chi connectivity index (χ2v) is 10.4. The van der Waals surface area contributed by atoms with Crippen LogP contribution in [-0.2, 0) is 42.9 Å². The molecule has 6 atom stereocenters. The predicted octanol–water partition coefficient (Wildman–Crippen LogP) is 2.03. The van der Waals surface area contributed by atoms with Crippen LogP contribution in [0, 0.1) is 0 Å². The van der Waals surface area contributed by atoms with Gasteiger partial charge in [-0.3, -0.25) is 19.2 Å². The Kier molecular flexibility index (Phi) is 12.2. The summed E-state index contributed by atoms with van der Waals surface area (Å²) in [6.07, 6.45) is -1.92. The highest BCUT2D eigenvalue weighted by Crippen LogP contribution is 2.40. The van der Waals surface area contributed by atoms with Crippen molar-refractivity contribution in [2.45, 2.75) is 116 Å². The molecule has 0 aromatic carbocycles. The highest BCUT2D eigenvalue weighted by molar-refractivity contribution is 7.80. The zero-order valence-corrected chi connectivity index (χ0v) is 23.6. The van der Waals surface area contributed by atoms with Crippen molar-refractivity contribution in [3.05, 3.63) is 0 Å². The summed E-state index contributed by atoms with van der Waals surface area (Å²) in [5, 5.41) is 5.38. The van der Waals surface area contributed by atoms with Crippen LogP contribution in [0.4, 0.5) is 4.79 Å². The van der Waals surface area contributed by atoms with E-state index in [2.05, 4.69) is 23.3 Å². The number of nitrogens with one attached hydrogen (secondary N) is 2. The number of hydrogen-bond acceptors (Lipinski definition) is 11. The first-order valence-electron chi connectivity index (χ1n) is 12.1. The van der Waals surface area contributed by atoms with Crippen LogP contribution in [0.1, 0.15) is 74.7 Å². The lowest BCUT2D eigenvalue weighted by atomic mass is 9.78. The minimum Gasteiger partial charge on any atom is -0.463 e. The van der Waals surface area contributed by atoms with Crippen molar-refractivity contribution in [2.75, 3.05) is 6.61 Å². The van der Waals surface area contributed by atoms with Crippen molar-refractivity contribution in [3.8, 4) is 0 Å². The van der Waals surface area contributed by atoms with Gasteiger partial charge in [0, 0.05) is 27.7 Å². The molecule has 212 valence electrons. The van der Waals surface area contributed by atoms with Crippen molar-refractivity contribution in [3.63, 3.8) is 0 Å². The van der Waals surface area contributed by atoms with E-state index in [1.807, 2.05) is 6.92 Å². The first-order valence-corrected chi connectivity index (χ1v) is 12.6. The summed E-state index contributed by atoms with van der Waals surface area (Å²) in [6.45, 7) is 11.3. The number of carbonyl (C=O) groups is 5. The Morgan fingerprint density at radius 2 is 1.59 bits per heavy atom. The van der Waals surface area contributed by atoms with Crippen LogP contribution in [-0.4, -0.2) is 77.4 Å². The molecule has 2 N–H and O–H groups in total. The predicted molar refractivity (Wildman–Crippen MR) is 135 cm³/mol. The van der Waals surface area contributed by atoms with Gasteiger partial charge in [0.05, 0.1) is 6.04 Å². The first kappa shape index (κ1) is 32.5. The molecule has 0 aromatic heterocycles. The molecule has 2 amide bonds. The van der Waals surface area contributed by atoms with Gasteiger partial charge in [-0.2, -0.15) is 0 Å². The third-order valence-electron chi connectivity index (χ3n) is 5.37. The van der Waals surface area contributed by atoms with E-state index in [4.69, 9.17) is 23.7 Å². The number of unbranched alkanes of at least 4 members (excludes halogenated alkanes) is 1. The SMILES string of the molecule is CCCCC(NC(=O)OC(C)(C)C)[C@]1(COC(C)=O)O[C@H](S)[C@H](NC(C)=O)[C@@H](OC(C)=O)[C@H]1OC(C)=O. The molecule has 0 aliphatic carbocycles. The Morgan fingerprint density at radius 3 is 2.05 bits per heavy atom. The molecular formula is C24H40N2O10S. The maximum Gasteiger partial charge on any atom is 0.407 e. The molecule has 37 heavy (non-hydrogen) atoms. The van der Waals surface area contributed by atoms with E-state index >= 15 is 0 Å². The molecule has 12 nitrogen and oxygen atoms in total. The summed E-state index contributed by atoms with van der Waals surface area (Å²) in [4.78, 5) is 61.1. The van der Waals surface area contributed by atoms with E-state index in [1.54, 1.807) is 20.8 Å². The normalized spacial score (nSPS) is 26.3. The topological polar surface area (TPSA) is 156 Å². The van der Waals surface area contributed by atoms with Crippen LogP contribution < -0.4 is 10.6 Å². The Balaban J connectivity index is 3.78. The van der Waals surface area contributed by atoms with Gasteiger partial charge in [-0.05, 0) is 27.2 Å². The van der Waals surface area contributed by atoms with Gasteiger partial charge in [-0.25, -0.2) is 4.79 Å². The summed E-state index contributed by atoms with van der Waals surface area (Å²) in [6, 6.07) is -2.01. The van der Waals surface area contributed by atoms with E-state index in [0.29, 0.717) is 6.42 Å². The molecule has 1 fully saturated rings. The second-order valence-electron chi connectivity index (χ2n) is 9.92. The maximum absolute atomic E-state index is 12.9. The third-order valence-corrected chi connectivity index (χ3v) is 5.80. The number of carbonyl (C=O) groups excluding carboxylic acids is 5. The number of alkyl carbamates (subject to hydrolysis) is 1. The van der Waals surface area contributed by atoms with E-state index < -0.39 is 77.4 Å². The number of hydrogen-bond donors (Lipinski definition) is 3. The van der Waals surface area contributed by atoms with Crippen molar-refractivity contribution in [1.82, 2.24) is 10.6 Å². The maximum atomic E-state index is 12.9. The van der Waals surface area contributed by atoms with Crippen LogP contribution in [0.3, 0.4) is 0 Å². The average Bonchev–Trinajstić information content (AvgIpc) is 2.72. The molecule has 13 heteroatoms. The Morgan fingerprint density at radius 1 is 1.00 bits per heavy atom. The molecular weight excluding hydrogens is 508 g/mol. The molecule has 0 bridgehead atoms. The number of amides is 2. The van der Waals surface area contributed by atoms with E-state index in [9.17, 15) is 24.0 Å². The minimum absolute atomic E-state index is 0.285. The Bertz CT molecular complexity index is 846. The zero-order chi connectivity index (χ0) is 28.6. The minimum atomic E-state index is -1.77. The third kappa shape index (κ3) is 10.0. The molecule has 1 aliphatic heterocycles.